The van der Waals surface area contributed by atoms with E-state index in [0.717, 1.165) is 11.1 Å². The van der Waals surface area contributed by atoms with Crippen LogP contribution in [0.5, 0.6) is 11.5 Å². The summed E-state index contributed by atoms with van der Waals surface area (Å²) in [5.74, 6) is 0.526. The van der Waals surface area contributed by atoms with E-state index in [1.165, 1.54) is 23.1 Å². The van der Waals surface area contributed by atoms with Gasteiger partial charge in [0.25, 0.3) is 0 Å². The number of aromatic hydroxyl groups is 1. The zero-order valence-electron chi connectivity index (χ0n) is 19.5. The zero-order valence-corrected chi connectivity index (χ0v) is 19.5. The summed E-state index contributed by atoms with van der Waals surface area (Å²) in [6.07, 6.45) is -1.69. The number of H-pyrrole nitrogens is 1. The van der Waals surface area contributed by atoms with E-state index < -0.39 is 17.8 Å². The van der Waals surface area contributed by atoms with Gasteiger partial charge < -0.3 is 29.6 Å². The predicted molar refractivity (Wildman–Crippen MR) is 126 cm³/mol. The van der Waals surface area contributed by atoms with Crippen molar-refractivity contribution >= 4 is 17.0 Å². The lowest BCUT2D eigenvalue weighted by atomic mass is 10.0. The Labute approximate surface area is 192 Å². The van der Waals surface area contributed by atoms with Crippen LogP contribution in [0, 0.1) is 6.92 Å². The summed E-state index contributed by atoms with van der Waals surface area (Å²) in [7, 11) is 1.56. The van der Waals surface area contributed by atoms with Crippen LogP contribution in [0.1, 0.15) is 43.6 Å². The van der Waals surface area contributed by atoms with E-state index in [-0.39, 0.29) is 29.9 Å². The van der Waals surface area contributed by atoms with Crippen LogP contribution in [0.3, 0.4) is 0 Å². The monoisotopic (exact) mass is 454 g/mol. The number of rotatable bonds is 6. The van der Waals surface area contributed by atoms with E-state index in [4.69, 9.17) is 9.47 Å². The Morgan fingerprint density at radius 3 is 2.55 bits per heavy atom. The zero-order chi connectivity index (χ0) is 24.3. The van der Waals surface area contributed by atoms with Crippen molar-refractivity contribution in [3.05, 3.63) is 69.5 Å². The van der Waals surface area contributed by atoms with Crippen LogP contribution in [0.15, 0.2) is 47.3 Å². The highest BCUT2D eigenvalue weighted by Gasteiger charge is 2.26. The summed E-state index contributed by atoms with van der Waals surface area (Å²) in [6.45, 7) is 7.34. The van der Waals surface area contributed by atoms with Gasteiger partial charge in [0.1, 0.15) is 17.1 Å². The number of aliphatic hydroxyl groups excluding tert-OH is 1. The Balaban J connectivity index is 1.96. The number of methoxy groups -OCH3 is 1. The molecule has 176 valence electrons. The number of aromatic nitrogens is 1. The van der Waals surface area contributed by atoms with Gasteiger partial charge in [-0.1, -0.05) is 18.2 Å². The average Bonchev–Trinajstić information content (AvgIpc) is 2.73. The van der Waals surface area contributed by atoms with Crippen molar-refractivity contribution in [3.63, 3.8) is 0 Å². The van der Waals surface area contributed by atoms with Gasteiger partial charge in [0.2, 0.25) is 5.56 Å². The van der Waals surface area contributed by atoms with Crippen molar-refractivity contribution in [1.82, 2.24) is 9.88 Å². The van der Waals surface area contributed by atoms with Gasteiger partial charge in [-0.3, -0.25) is 4.79 Å². The van der Waals surface area contributed by atoms with Gasteiger partial charge >= 0.3 is 6.09 Å². The minimum absolute atomic E-state index is 0.0784. The number of ether oxygens (including phenoxy) is 2. The van der Waals surface area contributed by atoms with Gasteiger partial charge in [0.05, 0.1) is 31.8 Å². The number of hydrogen-bond donors (Lipinski definition) is 3. The van der Waals surface area contributed by atoms with Crippen molar-refractivity contribution in [1.29, 1.82) is 0 Å². The molecule has 0 aliphatic rings. The van der Waals surface area contributed by atoms with Crippen LogP contribution in [0.2, 0.25) is 0 Å². The largest absolute Gasteiger partial charge is 0.506 e. The Bertz CT molecular complexity index is 1210. The molecule has 8 heteroatoms. The highest BCUT2D eigenvalue weighted by molar-refractivity contribution is 5.87. The van der Waals surface area contributed by atoms with Crippen molar-refractivity contribution in [2.75, 3.05) is 13.7 Å². The Morgan fingerprint density at radius 2 is 1.88 bits per heavy atom. The molecule has 0 aliphatic carbocycles. The normalized spacial score (nSPS) is 12.4. The van der Waals surface area contributed by atoms with E-state index in [9.17, 15) is 19.8 Å². The maximum atomic E-state index is 13.0. The number of hydrogen-bond acceptors (Lipinski definition) is 6. The molecule has 1 atom stereocenters. The third-order valence-electron chi connectivity index (χ3n) is 5.11. The summed E-state index contributed by atoms with van der Waals surface area (Å²) in [4.78, 5) is 28.7. The van der Waals surface area contributed by atoms with Crippen molar-refractivity contribution in [2.45, 2.75) is 45.9 Å². The van der Waals surface area contributed by atoms with Gasteiger partial charge in [0, 0.05) is 17.0 Å². The molecule has 0 spiro atoms. The predicted octanol–water partition coefficient (Wildman–Crippen LogP) is 4.02. The summed E-state index contributed by atoms with van der Waals surface area (Å²) in [6, 6.07) is 11.5. The van der Waals surface area contributed by atoms with Gasteiger partial charge in [-0.25, -0.2) is 4.79 Å². The number of nitrogens with one attached hydrogen (secondary N) is 1. The van der Waals surface area contributed by atoms with Crippen molar-refractivity contribution in [3.8, 4) is 11.5 Å². The lowest BCUT2D eigenvalue weighted by molar-refractivity contribution is 0.0124. The molecule has 33 heavy (non-hydrogen) atoms. The first-order valence-electron chi connectivity index (χ1n) is 10.6. The van der Waals surface area contributed by atoms with E-state index >= 15 is 0 Å². The third-order valence-corrected chi connectivity index (χ3v) is 5.11. The number of nitrogens with zero attached hydrogens (tertiary/aromatic N) is 1. The summed E-state index contributed by atoms with van der Waals surface area (Å²) >= 11 is 0. The molecule has 1 heterocycles. The molecule has 3 rings (SSSR count). The molecule has 1 unspecified atom stereocenters. The number of carbonyl (C=O) groups is 1. The molecule has 3 N–H and O–H groups in total. The number of phenolic OH excluding ortho intramolecular Hbond substituents is 1. The minimum atomic E-state index is -1.11. The molecule has 3 aromatic rings. The number of amides is 1. The van der Waals surface area contributed by atoms with Crippen molar-refractivity contribution < 1.29 is 24.5 Å². The molecule has 0 saturated carbocycles. The van der Waals surface area contributed by atoms with Gasteiger partial charge in [-0.05, 0) is 57.0 Å². The molecule has 0 fully saturated rings. The molecule has 0 aliphatic heterocycles. The maximum Gasteiger partial charge on any atom is 0.410 e. The lowest BCUT2D eigenvalue weighted by Crippen LogP contribution is -2.39. The van der Waals surface area contributed by atoms with E-state index in [1.807, 2.05) is 25.1 Å². The number of fused-ring (bicyclic) bond motifs is 1. The number of pyridine rings is 1. The molecule has 8 nitrogen and oxygen atoms in total. The average molecular weight is 455 g/mol. The van der Waals surface area contributed by atoms with Gasteiger partial charge in [-0.15, -0.1) is 0 Å². The van der Waals surface area contributed by atoms with Crippen LogP contribution in [0.25, 0.3) is 10.9 Å². The van der Waals surface area contributed by atoms with Crippen LogP contribution in [-0.2, 0) is 11.3 Å². The number of aryl methyl sites for hydroxylation is 1. The molecular formula is C25H30N2O6. The number of carbonyl (C=O) groups excluding carboxylic acids is 1. The summed E-state index contributed by atoms with van der Waals surface area (Å²) < 4.78 is 11.1. The third kappa shape index (κ3) is 5.84. The smallest absolute Gasteiger partial charge is 0.410 e. The summed E-state index contributed by atoms with van der Waals surface area (Å²) in [5.41, 5.74) is 1.38. The second kappa shape index (κ2) is 9.54. The van der Waals surface area contributed by atoms with E-state index in [2.05, 4.69) is 4.98 Å². The number of phenols is 1. The molecule has 0 bridgehead atoms. The second-order valence-corrected chi connectivity index (χ2v) is 8.98. The topological polar surface area (TPSA) is 112 Å². The Morgan fingerprint density at radius 1 is 1.15 bits per heavy atom. The first-order valence-corrected chi connectivity index (χ1v) is 10.6. The highest BCUT2D eigenvalue weighted by atomic mass is 16.6. The van der Waals surface area contributed by atoms with Crippen LogP contribution in [-0.4, -0.2) is 45.4 Å². The van der Waals surface area contributed by atoms with E-state index in [0.29, 0.717) is 16.7 Å². The first-order chi connectivity index (χ1) is 15.5. The molecule has 1 aromatic heterocycles. The quantitative estimate of drug-likeness (QED) is 0.519. The van der Waals surface area contributed by atoms with Crippen molar-refractivity contribution in [2.24, 2.45) is 0 Å². The molecule has 0 saturated heterocycles. The number of benzene rings is 2. The molecule has 1 amide bonds. The lowest BCUT2D eigenvalue weighted by Gasteiger charge is -2.29. The summed E-state index contributed by atoms with van der Waals surface area (Å²) in [5, 5.41) is 21.7. The maximum absolute atomic E-state index is 13.0. The Hall–Kier alpha value is -3.52. The van der Waals surface area contributed by atoms with Gasteiger partial charge in [-0.2, -0.15) is 0 Å². The SMILES string of the molecule is COc1cc(C)ccc1CN(CC(O)c1ccc(O)c2[nH]c(=O)ccc12)C(=O)OC(C)(C)C. The second-order valence-electron chi connectivity index (χ2n) is 8.98. The molecule has 0 radical (unpaired) electrons. The fraction of sp³-hybridized carbons (Fsp3) is 0.360. The number of aromatic amines is 1. The Kier molecular flexibility index (Phi) is 6.98. The number of aliphatic hydroxyl groups is 1. The molecular weight excluding hydrogens is 424 g/mol. The first kappa shape index (κ1) is 24.1. The minimum Gasteiger partial charge on any atom is -0.506 e. The highest BCUT2D eigenvalue weighted by Crippen LogP contribution is 2.30. The van der Waals surface area contributed by atoms with Gasteiger partial charge in [0.15, 0.2) is 0 Å². The van der Waals surface area contributed by atoms with Crippen LogP contribution >= 0.6 is 0 Å². The van der Waals surface area contributed by atoms with E-state index in [1.54, 1.807) is 33.9 Å². The molecule has 2 aromatic carbocycles. The van der Waals surface area contributed by atoms with Crippen LogP contribution in [0.4, 0.5) is 4.79 Å². The van der Waals surface area contributed by atoms with Crippen LogP contribution < -0.4 is 10.3 Å². The fourth-order valence-electron chi connectivity index (χ4n) is 3.57. The fourth-order valence-corrected chi connectivity index (χ4v) is 3.57. The standard InChI is InChI=1S/C25H30N2O6/c1-15-6-7-16(21(12-15)32-5)13-27(24(31)33-25(2,3)4)14-20(29)17-8-10-19(28)23-18(17)9-11-22(30)26-23/h6-12,20,28-29H,13-14H2,1-5H3,(H,26,30).